The second-order valence-corrected chi connectivity index (χ2v) is 13.0. The maximum atomic E-state index is 12.7. The summed E-state index contributed by atoms with van der Waals surface area (Å²) in [5.41, 5.74) is 0.197. The number of carbonyl (C=O) groups is 7. The molecule has 2 aliphatic rings. The van der Waals surface area contributed by atoms with E-state index in [0.29, 0.717) is 10.9 Å². The highest BCUT2D eigenvalue weighted by atomic mass is 16.7. The minimum atomic E-state index is -1.70. The van der Waals surface area contributed by atoms with E-state index >= 15 is 0 Å². The van der Waals surface area contributed by atoms with Crippen molar-refractivity contribution in [3.63, 3.8) is 0 Å². The fourth-order valence-corrected chi connectivity index (χ4v) is 6.30. The second-order valence-electron chi connectivity index (χ2n) is 13.0. The van der Waals surface area contributed by atoms with Crippen molar-refractivity contribution >= 4 is 52.6 Å². The zero-order valence-corrected chi connectivity index (χ0v) is 31.8. The molecule has 56 heavy (non-hydrogen) atoms. The highest BCUT2D eigenvalue weighted by molar-refractivity contribution is 5.81. The van der Waals surface area contributed by atoms with Gasteiger partial charge in [0.25, 0.3) is 0 Å². The van der Waals surface area contributed by atoms with E-state index in [-0.39, 0.29) is 11.3 Å². The molecule has 0 aliphatic carbocycles. The summed E-state index contributed by atoms with van der Waals surface area (Å²) in [6, 6.07) is 3.05. The normalized spacial score (nSPS) is 27.2. The SMILES string of the molecule is CC(=O)NC1C(OC(C)=O)[C@H](O[C@@H]2OC(COC(C)=O)[C@@H](OC(C)=O)C(OC(C)=O)C2NC(C)=O)C(COC(C)=O)O[C@H]1Oc1ccc2c(C)cc(=O)oc2c1. The Kier molecular flexibility index (Phi) is 14.5. The molecule has 1 aromatic heterocycles. The molecule has 20 heteroatoms. The largest absolute Gasteiger partial charge is 0.463 e. The first kappa shape index (κ1) is 43.1. The molecule has 2 N–H and O–H groups in total. The number of carbonyl (C=O) groups excluding carboxylic acids is 7. The summed E-state index contributed by atoms with van der Waals surface area (Å²) in [5.74, 6) is -5.28. The third kappa shape index (κ3) is 11.5. The summed E-state index contributed by atoms with van der Waals surface area (Å²) in [4.78, 5) is 98.7. The van der Waals surface area contributed by atoms with Gasteiger partial charge in [0, 0.05) is 66.0 Å². The van der Waals surface area contributed by atoms with E-state index in [4.69, 9.17) is 47.0 Å². The van der Waals surface area contributed by atoms with Crippen LogP contribution in [0.2, 0.25) is 0 Å². The number of rotatable bonds is 13. The number of hydrogen-bond acceptors (Lipinski definition) is 18. The number of benzene rings is 1. The van der Waals surface area contributed by atoms with Gasteiger partial charge in [-0.15, -0.1) is 0 Å². The van der Waals surface area contributed by atoms with E-state index in [9.17, 15) is 38.4 Å². The van der Waals surface area contributed by atoms with Crippen LogP contribution in [0.5, 0.6) is 5.75 Å². The first-order valence-electron chi connectivity index (χ1n) is 17.3. The molecule has 0 radical (unpaired) electrons. The van der Waals surface area contributed by atoms with Crippen molar-refractivity contribution in [2.24, 2.45) is 0 Å². The van der Waals surface area contributed by atoms with Crippen molar-refractivity contribution in [2.45, 2.75) is 117 Å². The number of esters is 5. The number of nitrogens with one attached hydrogen (secondary N) is 2. The van der Waals surface area contributed by atoms with Gasteiger partial charge in [-0.2, -0.15) is 0 Å². The second kappa shape index (κ2) is 18.8. The molecule has 6 unspecified atom stereocenters. The zero-order valence-electron chi connectivity index (χ0n) is 31.8. The van der Waals surface area contributed by atoms with Gasteiger partial charge in [0.2, 0.25) is 18.1 Å². The van der Waals surface area contributed by atoms with Crippen LogP contribution in [0.1, 0.15) is 54.0 Å². The molecule has 2 aromatic rings. The average molecular weight is 793 g/mol. The van der Waals surface area contributed by atoms with Crippen LogP contribution in [-0.4, -0.2) is 116 Å². The number of hydrogen-bond donors (Lipinski definition) is 2. The molecular formula is C36H44N2O18. The summed E-state index contributed by atoms with van der Waals surface area (Å²) in [5, 5.41) is 5.82. The summed E-state index contributed by atoms with van der Waals surface area (Å²) in [6.07, 6.45) is -12.1. The van der Waals surface area contributed by atoms with E-state index in [0.717, 1.165) is 41.5 Å². The van der Waals surface area contributed by atoms with Crippen molar-refractivity contribution in [1.82, 2.24) is 10.6 Å². The fraction of sp³-hybridized carbons (Fsp3) is 0.556. The zero-order chi connectivity index (χ0) is 41.4. The summed E-state index contributed by atoms with van der Waals surface area (Å²) in [6.45, 7) is 8.35. The summed E-state index contributed by atoms with van der Waals surface area (Å²) in [7, 11) is 0. The molecule has 20 nitrogen and oxygen atoms in total. The Labute approximate surface area is 319 Å². The molecule has 4 rings (SSSR count). The lowest BCUT2D eigenvalue weighted by Crippen LogP contribution is -2.71. The quantitative estimate of drug-likeness (QED) is 0.156. The molecule has 2 aliphatic heterocycles. The van der Waals surface area contributed by atoms with Crippen molar-refractivity contribution < 1.29 is 80.6 Å². The van der Waals surface area contributed by atoms with Crippen LogP contribution in [-0.2, 0) is 71.5 Å². The number of amides is 2. The Hall–Kier alpha value is -5.60. The van der Waals surface area contributed by atoms with Crippen LogP contribution in [0.4, 0.5) is 0 Å². The van der Waals surface area contributed by atoms with Gasteiger partial charge in [-0.25, -0.2) is 4.79 Å². The predicted octanol–water partition coefficient (Wildman–Crippen LogP) is 0.246. The lowest BCUT2D eigenvalue weighted by Gasteiger charge is -2.49. The topological polar surface area (TPSA) is 257 Å². The molecule has 10 atom stereocenters. The molecule has 0 saturated carbocycles. The third-order valence-corrected chi connectivity index (χ3v) is 8.31. The van der Waals surface area contributed by atoms with Gasteiger partial charge in [0.05, 0.1) is 0 Å². The fourth-order valence-electron chi connectivity index (χ4n) is 6.30. The van der Waals surface area contributed by atoms with Gasteiger partial charge in [-0.1, -0.05) is 0 Å². The highest BCUT2D eigenvalue weighted by Crippen LogP contribution is 2.35. The molecular weight excluding hydrogens is 748 g/mol. The Morgan fingerprint density at radius 1 is 0.625 bits per heavy atom. The smallest absolute Gasteiger partial charge is 0.336 e. The maximum Gasteiger partial charge on any atom is 0.336 e. The summed E-state index contributed by atoms with van der Waals surface area (Å²) < 4.78 is 57.6. The van der Waals surface area contributed by atoms with E-state index in [1.165, 1.54) is 19.1 Å². The van der Waals surface area contributed by atoms with Crippen molar-refractivity contribution in [1.29, 1.82) is 0 Å². The number of fused-ring (bicyclic) bond motifs is 1. The maximum absolute atomic E-state index is 12.7. The highest BCUT2D eigenvalue weighted by Gasteiger charge is 2.56. The summed E-state index contributed by atoms with van der Waals surface area (Å²) >= 11 is 0. The van der Waals surface area contributed by atoms with Gasteiger partial charge in [-0.05, 0) is 24.6 Å². The lowest BCUT2D eigenvalue weighted by molar-refractivity contribution is -0.327. The minimum absolute atomic E-state index is 0.0918. The number of aryl methyl sites for hydroxylation is 1. The monoisotopic (exact) mass is 792 g/mol. The van der Waals surface area contributed by atoms with E-state index in [1.807, 2.05) is 0 Å². The van der Waals surface area contributed by atoms with Gasteiger partial charge in [0.1, 0.15) is 54.9 Å². The van der Waals surface area contributed by atoms with Crippen LogP contribution in [0.3, 0.4) is 0 Å². The Morgan fingerprint density at radius 3 is 1.62 bits per heavy atom. The Balaban J connectivity index is 1.83. The standard InChI is InChI=1S/C36H44N2O18/c1-15-11-28(46)53-25-12-23(9-10-24(15)25)52-35-29(37-16(2)39)34(51-22(8)45)32(27(54-35)14-48-19(5)42)56-36-30(38-17(3)40)33(50-21(7)44)31(49-20(6)43)26(55-36)13-47-18(4)41/h9-12,26-27,29-36H,13-14H2,1-8H3,(H,37,39)(H,38,40)/t26?,27?,29?,30?,31-,32-,33?,34?,35-,36+/m1/s1. The van der Waals surface area contributed by atoms with Crippen LogP contribution in [0.25, 0.3) is 11.0 Å². The van der Waals surface area contributed by atoms with Crippen LogP contribution in [0.15, 0.2) is 33.5 Å². The van der Waals surface area contributed by atoms with Crippen molar-refractivity contribution in [3.8, 4) is 5.75 Å². The minimum Gasteiger partial charge on any atom is -0.463 e. The molecule has 306 valence electrons. The van der Waals surface area contributed by atoms with E-state index in [1.54, 1.807) is 19.1 Å². The lowest BCUT2D eigenvalue weighted by atomic mass is 9.94. The molecule has 2 saturated heterocycles. The van der Waals surface area contributed by atoms with Crippen LogP contribution < -0.4 is 21.0 Å². The van der Waals surface area contributed by atoms with Gasteiger partial charge >= 0.3 is 35.5 Å². The molecule has 0 spiro atoms. The van der Waals surface area contributed by atoms with Crippen molar-refractivity contribution in [3.05, 3.63) is 40.2 Å². The molecule has 3 heterocycles. The van der Waals surface area contributed by atoms with Gasteiger partial charge in [0.15, 0.2) is 24.6 Å². The predicted molar refractivity (Wildman–Crippen MR) is 185 cm³/mol. The number of ether oxygens (including phenoxy) is 9. The van der Waals surface area contributed by atoms with E-state index in [2.05, 4.69) is 10.6 Å². The first-order chi connectivity index (χ1) is 26.3. The average Bonchev–Trinajstić information content (AvgIpc) is 3.06. The van der Waals surface area contributed by atoms with Crippen molar-refractivity contribution in [2.75, 3.05) is 13.2 Å². The first-order valence-corrected chi connectivity index (χ1v) is 17.3. The molecule has 2 fully saturated rings. The third-order valence-electron chi connectivity index (χ3n) is 8.31. The van der Waals surface area contributed by atoms with Crippen LogP contribution >= 0.6 is 0 Å². The Morgan fingerprint density at radius 2 is 1.11 bits per heavy atom. The Bertz CT molecular complexity index is 1880. The molecule has 0 bridgehead atoms. The van der Waals surface area contributed by atoms with Crippen LogP contribution in [0, 0.1) is 6.92 Å². The van der Waals surface area contributed by atoms with Gasteiger partial charge < -0.3 is 57.7 Å². The molecule has 2 amide bonds. The molecule has 1 aromatic carbocycles. The van der Waals surface area contributed by atoms with Gasteiger partial charge in [-0.3, -0.25) is 33.6 Å². The van der Waals surface area contributed by atoms with E-state index < -0.39 is 122 Å².